The summed E-state index contributed by atoms with van der Waals surface area (Å²) in [5, 5.41) is 16.1. The maximum atomic E-state index is 11.3. The SMILES string of the molecule is N[C@@H]1CCCN(c2ccc(S(N)(=O)=O)cc2[N+](=O)[O-])C1. The van der Waals surface area contributed by atoms with E-state index in [2.05, 4.69) is 0 Å². The Morgan fingerprint density at radius 2 is 2.10 bits per heavy atom. The van der Waals surface area contributed by atoms with E-state index in [1.165, 1.54) is 12.1 Å². The molecule has 0 aromatic heterocycles. The molecular formula is C11H16N4O4S. The predicted octanol–water partition coefficient (Wildman–Crippen LogP) is 0.170. The Bertz CT molecular complexity index is 631. The first-order valence-electron chi connectivity index (χ1n) is 6.11. The molecule has 20 heavy (non-hydrogen) atoms. The van der Waals surface area contributed by atoms with Gasteiger partial charge in [-0.3, -0.25) is 10.1 Å². The van der Waals surface area contributed by atoms with E-state index < -0.39 is 14.9 Å². The first-order chi connectivity index (χ1) is 9.29. The van der Waals surface area contributed by atoms with E-state index in [-0.39, 0.29) is 16.6 Å². The summed E-state index contributed by atoms with van der Waals surface area (Å²) < 4.78 is 22.5. The Hall–Kier alpha value is -1.71. The number of primary sulfonamides is 1. The van der Waals surface area contributed by atoms with Gasteiger partial charge in [-0.1, -0.05) is 0 Å². The third-order valence-corrected chi connectivity index (χ3v) is 4.18. The molecule has 0 unspecified atom stereocenters. The number of hydrogen-bond donors (Lipinski definition) is 2. The molecule has 0 radical (unpaired) electrons. The standard InChI is InChI=1S/C11H16N4O4S/c12-8-2-1-5-14(7-8)10-4-3-9(20(13,18)19)6-11(10)15(16)17/h3-4,6,8H,1-2,5,7,12H2,(H2,13,18,19)/t8-/m1/s1. The summed E-state index contributed by atoms with van der Waals surface area (Å²) in [6, 6.07) is 3.64. The van der Waals surface area contributed by atoms with Gasteiger partial charge in [-0.2, -0.15) is 0 Å². The van der Waals surface area contributed by atoms with E-state index in [9.17, 15) is 18.5 Å². The number of piperidine rings is 1. The molecule has 0 bridgehead atoms. The van der Waals surface area contributed by atoms with Crippen LogP contribution < -0.4 is 15.8 Å². The monoisotopic (exact) mass is 300 g/mol. The normalized spacial score (nSPS) is 19.9. The molecule has 2 rings (SSSR count). The molecule has 1 aliphatic rings. The molecule has 1 heterocycles. The molecule has 4 N–H and O–H groups in total. The van der Waals surface area contributed by atoms with Gasteiger partial charge in [0.15, 0.2) is 0 Å². The van der Waals surface area contributed by atoms with Crippen LogP contribution in [-0.4, -0.2) is 32.5 Å². The van der Waals surface area contributed by atoms with Crippen molar-refractivity contribution in [2.75, 3.05) is 18.0 Å². The third-order valence-electron chi connectivity index (χ3n) is 3.27. The van der Waals surface area contributed by atoms with Crippen molar-refractivity contribution in [2.45, 2.75) is 23.8 Å². The number of sulfonamides is 1. The van der Waals surface area contributed by atoms with Crippen LogP contribution in [0.4, 0.5) is 11.4 Å². The first kappa shape index (κ1) is 14.7. The Balaban J connectivity index is 2.45. The second kappa shape index (κ2) is 5.35. The molecule has 8 nitrogen and oxygen atoms in total. The van der Waals surface area contributed by atoms with Gasteiger partial charge < -0.3 is 10.6 Å². The lowest BCUT2D eigenvalue weighted by molar-refractivity contribution is -0.384. The van der Waals surface area contributed by atoms with Gasteiger partial charge in [0.2, 0.25) is 10.0 Å². The third kappa shape index (κ3) is 3.06. The van der Waals surface area contributed by atoms with Crippen LogP contribution in [0.15, 0.2) is 23.1 Å². The lowest BCUT2D eigenvalue weighted by Gasteiger charge is -2.32. The Kier molecular flexibility index (Phi) is 3.93. The van der Waals surface area contributed by atoms with Crippen LogP contribution in [0.1, 0.15) is 12.8 Å². The van der Waals surface area contributed by atoms with Crippen LogP contribution in [0.3, 0.4) is 0 Å². The van der Waals surface area contributed by atoms with Crippen LogP contribution in [0.5, 0.6) is 0 Å². The van der Waals surface area contributed by atoms with Gasteiger partial charge in [0.05, 0.1) is 9.82 Å². The van der Waals surface area contributed by atoms with Gasteiger partial charge in [-0.05, 0) is 25.0 Å². The number of anilines is 1. The molecule has 110 valence electrons. The zero-order valence-electron chi connectivity index (χ0n) is 10.7. The van der Waals surface area contributed by atoms with Crippen molar-refractivity contribution in [3.63, 3.8) is 0 Å². The summed E-state index contributed by atoms with van der Waals surface area (Å²) in [4.78, 5) is 12.1. The summed E-state index contributed by atoms with van der Waals surface area (Å²) in [6.07, 6.45) is 1.72. The Labute approximate surface area is 116 Å². The Morgan fingerprint density at radius 1 is 1.40 bits per heavy atom. The van der Waals surface area contributed by atoms with Crippen molar-refractivity contribution < 1.29 is 13.3 Å². The summed E-state index contributed by atoms with van der Waals surface area (Å²) in [6.45, 7) is 1.17. The number of nitro benzene ring substituents is 1. The fourth-order valence-corrected chi connectivity index (χ4v) is 2.86. The van der Waals surface area contributed by atoms with Crippen molar-refractivity contribution in [3.8, 4) is 0 Å². The Morgan fingerprint density at radius 3 is 2.65 bits per heavy atom. The van der Waals surface area contributed by atoms with Crippen LogP contribution in [0, 0.1) is 10.1 Å². The molecular weight excluding hydrogens is 284 g/mol. The minimum atomic E-state index is -3.96. The molecule has 1 aromatic carbocycles. The van der Waals surface area contributed by atoms with Crippen LogP contribution >= 0.6 is 0 Å². The fourth-order valence-electron chi connectivity index (χ4n) is 2.32. The second-order valence-electron chi connectivity index (χ2n) is 4.80. The number of nitrogens with zero attached hydrogens (tertiary/aromatic N) is 2. The average molecular weight is 300 g/mol. The first-order valence-corrected chi connectivity index (χ1v) is 7.65. The van der Waals surface area contributed by atoms with Gasteiger partial charge in [-0.15, -0.1) is 0 Å². The maximum absolute atomic E-state index is 11.3. The predicted molar refractivity (Wildman–Crippen MR) is 73.9 cm³/mol. The molecule has 1 aliphatic heterocycles. The average Bonchev–Trinajstić information content (AvgIpc) is 2.37. The van der Waals surface area contributed by atoms with E-state index in [4.69, 9.17) is 10.9 Å². The summed E-state index contributed by atoms with van der Waals surface area (Å²) in [5.74, 6) is 0. The molecule has 9 heteroatoms. The molecule has 1 atom stereocenters. The van der Waals surface area contributed by atoms with Gasteiger partial charge in [0.1, 0.15) is 5.69 Å². The zero-order chi connectivity index (χ0) is 14.9. The van der Waals surface area contributed by atoms with Crippen molar-refractivity contribution in [3.05, 3.63) is 28.3 Å². The van der Waals surface area contributed by atoms with E-state index in [0.29, 0.717) is 18.8 Å². The second-order valence-corrected chi connectivity index (χ2v) is 6.36. The highest BCUT2D eigenvalue weighted by Crippen LogP contribution is 2.32. The lowest BCUT2D eigenvalue weighted by Crippen LogP contribution is -2.43. The minimum Gasteiger partial charge on any atom is -0.364 e. The van der Waals surface area contributed by atoms with Gasteiger partial charge in [-0.25, -0.2) is 13.6 Å². The number of nitrogens with two attached hydrogens (primary N) is 2. The molecule has 1 saturated heterocycles. The molecule has 0 aliphatic carbocycles. The van der Waals surface area contributed by atoms with Crippen molar-refractivity contribution in [2.24, 2.45) is 10.9 Å². The number of benzene rings is 1. The highest BCUT2D eigenvalue weighted by molar-refractivity contribution is 7.89. The smallest absolute Gasteiger partial charge is 0.293 e. The number of hydrogen-bond acceptors (Lipinski definition) is 6. The molecule has 1 aromatic rings. The van der Waals surface area contributed by atoms with E-state index >= 15 is 0 Å². The van der Waals surface area contributed by atoms with Crippen molar-refractivity contribution in [1.29, 1.82) is 0 Å². The number of rotatable bonds is 3. The van der Waals surface area contributed by atoms with Gasteiger partial charge >= 0.3 is 0 Å². The van der Waals surface area contributed by atoms with E-state index in [1.54, 1.807) is 4.90 Å². The van der Waals surface area contributed by atoms with E-state index in [0.717, 1.165) is 18.9 Å². The fraction of sp³-hybridized carbons (Fsp3) is 0.455. The van der Waals surface area contributed by atoms with Gasteiger partial charge in [0.25, 0.3) is 5.69 Å². The number of nitro groups is 1. The molecule has 0 saturated carbocycles. The van der Waals surface area contributed by atoms with Crippen LogP contribution in [-0.2, 0) is 10.0 Å². The zero-order valence-corrected chi connectivity index (χ0v) is 11.5. The van der Waals surface area contributed by atoms with Crippen LogP contribution in [0.25, 0.3) is 0 Å². The van der Waals surface area contributed by atoms with Gasteiger partial charge in [0, 0.05) is 25.2 Å². The van der Waals surface area contributed by atoms with Crippen molar-refractivity contribution in [1.82, 2.24) is 0 Å². The highest BCUT2D eigenvalue weighted by atomic mass is 32.2. The quantitative estimate of drug-likeness (QED) is 0.604. The maximum Gasteiger partial charge on any atom is 0.293 e. The van der Waals surface area contributed by atoms with Crippen molar-refractivity contribution >= 4 is 21.4 Å². The largest absolute Gasteiger partial charge is 0.364 e. The minimum absolute atomic E-state index is 0.0405. The summed E-state index contributed by atoms with van der Waals surface area (Å²) >= 11 is 0. The van der Waals surface area contributed by atoms with Crippen LogP contribution in [0.2, 0.25) is 0 Å². The lowest BCUT2D eigenvalue weighted by atomic mass is 10.1. The summed E-state index contributed by atoms with van der Waals surface area (Å²) in [5.41, 5.74) is 5.96. The molecule has 0 spiro atoms. The highest BCUT2D eigenvalue weighted by Gasteiger charge is 2.25. The molecule has 0 amide bonds. The summed E-state index contributed by atoms with van der Waals surface area (Å²) in [7, 11) is -3.96. The topological polar surface area (TPSA) is 133 Å². The molecule has 1 fully saturated rings. The van der Waals surface area contributed by atoms with E-state index in [1.807, 2.05) is 0 Å².